The number of phenols is 1. The van der Waals surface area contributed by atoms with Gasteiger partial charge in [-0.2, -0.15) is 0 Å². The van der Waals surface area contributed by atoms with E-state index in [0.717, 1.165) is 19.3 Å². The number of hydrogen-bond acceptors (Lipinski definition) is 9. The normalized spacial score (nSPS) is 14.7. The van der Waals surface area contributed by atoms with Crippen LogP contribution in [0.5, 0.6) is 23.0 Å². The second kappa shape index (κ2) is 14.0. The van der Waals surface area contributed by atoms with Crippen LogP contribution in [-0.4, -0.2) is 42.6 Å². The van der Waals surface area contributed by atoms with Crippen molar-refractivity contribution in [3.05, 3.63) is 91.1 Å². The van der Waals surface area contributed by atoms with E-state index in [0.29, 0.717) is 56.6 Å². The van der Waals surface area contributed by atoms with E-state index in [1.54, 1.807) is 44.4 Å². The second-order valence-corrected chi connectivity index (χ2v) is 10.6. The molecule has 2 aromatic carbocycles. The van der Waals surface area contributed by atoms with E-state index < -0.39 is 12.0 Å². The molecule has 0 amide bonds. The van der Waals surface area contributed by atoms with Crippen molar-refractivity contribution in [3.8, 4) is 23.0 Å². The Bertz CT molecular complexity index is 1670. The molecule has 0 saturated heterocycles. The highest BCUT2D eigenvalue weighted by Gasteiger charge is 2.34. The van der Waals surface area contributed by atoms with E-state index in [2.05, 4.69) is 18.5 Å². The van der Waals surface area contributed by atoms with E-state index in [4.69, 9.17) is 18.9 Å². The Morgan fingerprint density at radius 1 is 1.12 bits per heavy atom. The Kier molecular flexibility index (Phi) is 10.2. The summed E-state index contributed by atoms with van der Waals surface area (Å²) in [7, 11) is 1.55. The quantitative estimate of drug-likeness (QED) is 0.175. The van der Waals surface area contributed by atoms with Gasteiger partial charge in [-0.3, -0.25) is 9.36 Å². The number of nitrogens with zero attached hydrogens (tertiary/aromatic N) is 2. The molecule has 0 saturated carbocycles. The summed E-state index contributed by atoms with van der Waals surface area (Å²) in [6.45, 7) is 10.3. The third-order valence-corrected chi connectivity index (χ3v) is 7.65. The fourth-order valence-electron chi connectivity index (χ4n) is 4.66. The zero-order valence-corrected chi connectivity index (χ0v) is 25.2. The minimum absolute atomic E-state index is 0.0144. The summed E-state index contributed by atoms with van der Waals surface area (Å²) in [5.74, 6) is 0.824. The van der Waals surface area contributed by atoms with Crippen molar-refractivity contribution in [2.24, 2.45) is 4.99 Å². The number of ether oxygens (including phenoxy) is 4. The minimum atomic E-state index is -0.817. The van der Waals surface area contributed by atoms with Crippen LogP contribution in [0.15, 0.2) is 70.1 Å². The van der Waals surface area contributed by atoms with Crippen molar-refractivity contribution in [1.82, 2.24) is 4.57 Å². The Morgan fingerprint density at radius 3 is 2.64 bits per heavy atom. The maximum Gasteiger partial charge on any atom is 0.338 e. The molecule has 0 bridgehead atoms. The monoisotopic (exact) mass is 592 g/mol. The van der Waals surface area contributed by atoms with Gasteiger partial charge in [-0.15, -0.1) is 0 Å². The van der Waals surface area contributed by atoms with E-state index in [-0.39, 0.29) is 23.5 Å². The standard InChI is InChI=1S/C32H36N2O7S/c1-6-9-10-16-40-24-14-12-22(19-26(24)38-5)29-28(31(37)41-15-7-2)20(4)33-32-34(29)30(36)27(42-32)18-21-11-13-23(35)25(17-21)39-8-3/h7,11-14,17-19,29,35H,2,6,8-10,15-16H2,1,3-5H3. The molecule has 1 unspecified atom stereocenters. The fourth-order valence-corrected chi connectivity index (χ4v) is 5.71. The number of phenolic OH excluding ortho intramolecular Hbond substituents is 1. The van der Waals surface area contributed by atoms with E-state index in [1.165, 1.54) is 28.0 Å². The minimum Gasteiger partial charge on any atom is -0.504 e. The molecule has 222 valence electrons. The van der Waals surface area contributed by atoms with Gasteiger partial charge in [-0.1, -0.05) is 55.9 Å². The first kappa shape index (κ1) is 30.6. The lowest BCUT2D eigenvalue weighted by Crippen LogP contribution is -2.40. The molecule has 4 rings (SSSR count). The van der Waals surface area contributed by atoms with Crippen LogP contribution >= 0.6 is 11.3 Å². The van der Waals surface area contributed by atoms with Crippen molar-refractivity contribution in [1.29, 1.82) is 0 Å². The Morgan fingerprint density at radius 2 is 1.93 bits per heavy atom. The lowest BCUT2D eigenvalue weighted by atomic mass is 9.95. The summed E-state index contributed by atoms with van der Waals surface area (Å²) in [4.78, 5) is 32.3. The largest absolute Gasteiger partial charge is 0.504 e. The first-order valence-electron chi connectivity index (χ1n) is 13.9. The van der Waals surface area contributed by atoms with Crippen LogP contribution in [0.4, 0.5) is 0 Å². The van der Waals surface area contributed by atoms with Gasteiger partial charge in [0.05, 0.1) is 42.2 Å². The molecule has 1 aliphatic rings. The van der Waals surface area contributed by atoms with Gasteiger partial charge >= 0.3 is 5.97 Å². The second-order valence-electron chi connectivity index (χ2n) is 9.59. The van der Waals surface area contributed by atoms with E-state index in [1.807, 2.05) is 13.0 Å². The van der Waals surface area contributed by atoms with Gasteiger partial charge in [-0.05, 0) is 61.7 Å². The maximum absolute atomic E-state index is 13.9. The number of aromatic hydroxyl groups is 1. The van der Waals surface area contributed by atoms with Gasteiger partial charge in [0.2, 0.25) is 0 Å². The van der Waals surface area contributed by atoms with Gasteiger partial charge in [0.25, 0.3) is 5.56 Å². The Hall–Kier alpha value is -4.31. The molecule has 3 aromatic rings. The Balaban J connectivity index is 1.85. The fraction of sp³-hybridized carbons (Fsp3) is 0.344. The summed E-state index contributed by atoms with van der Waals surface area (Å²) < 4.78 is 24.4. The van der Waals surface area contributed by atoms with Crippen LogP contribution in [-0.2, 0) is 9.53 Å². The van der Waals surface area contributed by atoms with Crippen molar-refractivity contribution in [2.45, 2.75) is 46.1 Å². The van der Waals surface area contributed by atoms with E-state index >= 15 is 0 Å². The topological polar surface area (TPSA) is 109 Å². The summed E-state index contributed by atoms with van der Waals surface area (Å²) in [6, 6.07) is 9.47. The molecular weight excluding hydrogens is 556 g/mol. The molecule has 1 aromatic heterocycles. The highest BCUT2D eigenvalue weighted by molar-refractivity contribution is 7.07. The molecule has 1 atom stereocenters. The average Bonchev–Trinajstić information content (AvgIpc) is 3.28. The zero-order valence-electron chi connectivity index (χ0n) is 24.3. The van der Waals surface area contributed by atoms with Crippen LogP contribution in [0.25, 0.3) is 6.08 Å². The third-order valence-electron chi connectivity index (χ3n) is 6.66. The molecular formula is C32H36N2O7S. The Labute approximate surface area is 248 Å². The highest BCUT2D eigenvalue weighted by atomic mass is 32.1. The lowest BCUT2D eigenvalue weighted by molar-refractivity contribution is -0.138. The smallest absolute Gasteiger partial charge is 0.338 e. The summed E-state index contributed by atoms with van der Waals surface area (Å²) >= 11 is 1.21. The molecule has 0 spiro atoms. The van der Waals surface area contributed by atoms with Gasteiger partial charge in [0.1, 0.15) is 6.61 Å². The molecule has 9 nitrogen and oxygen atoms in total. The van der Waals surface area contributed by atoms with Crippen LogP contribution in [0.2, 0.25) is 0 Å². The zero-order chi connectivity index (χ0) is 30.2. The number of fused-ring (bicyclic) bond motifs is 1. The molecule has 10 heteroatoms. The molecule has 1 N–H and O–H groups in total. The number of hydrogen-bond donors (Lipinski definition) is 1. The lowest BCUT2D eigenvalue weighted by Gasteiger charge is -2.25. The van der Waals surface area contributed by atoms with Gasteiger partial charge < -0.3 is 24.1 Å². The van der Waals surface area contributed by atoms with Crippen LogP contribution in [0, 0.1) is 0 Å². The van der Waals surface area contributed by atoms with E-state index in [9.17, 15) is 14.7 Å². The number of esters is 1. The third kappa shape index (κ3) is 6.60. The predicted molar refractivity (Wildman–Crippen MR) is 162 cm³/mol. The first-order valence-corrected chi connectivity index (χ1v) is 14.7. The SMILES string of the molecule is C=CCOC(=O)C1=C(C)N=c2sc(=Cc3ccc(O)c(OCC)c3)c(=O)n2C1c1ccc(OCCCCC)c(OC)c1. The molecule has 0 fully saturated rings. The number of carbonyl (C=O) groups excluding carboxylic acids is 1. The van der Waals surface area contributed by atoms with Crippen LogP contribution in [0.1, 0.15) is 57.2 Å². The number of carbonyl (C=O) groups is 1. The number of unbranched alkanes of at least 4 members (excludes halogenated alkanes) is 2. The molecule has 1 aliphatic heterocycles. The number of rotatable bonds is 13. The molecule has 42 heavy (non-hydrogen) atoms. The number of benzene rings is 2. The van der Waals surface area contributed by atoms with Crippen LogP contribution in [0.3, 0.4) is 0 Å². The number of aromatic nitrogens is 1. The first-order chi connectivity index (χ1) is 20.3. The van der Waals surface area contributed by atoms with Crippen molar-refractivity contribution in [3.63, 3.8) is 0 Å². The molecule has 2 heterocycles. The average molecular weight is 593 g/mol. The van der Waals surface area contributed by atoms with Gasteiger partial charge in [0.15, 0.2) is 27.8 Å². The van der Waals surface area contributed by atoms with Gasteiger partial charge in [-0.25, -0.2) is 9.79 Å². The van der Waals surface area contributed by atoms with Crippen LogP contribution < -0.4 is 29.1 Å². The van der Waals surface area contributed by atoms with Crippen molar-refractivity contribution >= 4 is 23.4 Å². The number of allylic oxidation sites excluding steroid dienone is 1. The predicted octanol–water partition coefficient (Wildman–Crippen LogP) is 4.65. The van der Waals surface area contributed by atoms with Gasteiger partial charge in [0, 0.05) is 0 Å². The van der Waals surface area contributed by atoms with Crippen molar-refractivity contribution < 1.29 is 28.8 Å². The molecule has 0 radical (unpaired) electrons. The molecule has 0 aliphatic carbocycles. The summed E-state index contributed by atoms with van der Waals surface area (Å²) in [5, 5.41) is 10.1. The summed E-state index contributed by atoms with van der Waals surface area (Å²) in [6.07, 6.45) is 6.27. The highest BCUT2D eigenvalue weighted by Crippen LogP contribution is 2.36. The van der Waals surface area contributed by atoms with Crippen molar-refractivity contribution in [2.75, 3.05) is 26.9 Å². The maximum atomic E-state index is 13.9. The number of thiazole rings is 1. The summed E-state index contributed by atoms with van der Waals surface area (Å²) in [5.41, 5.74) is 1.69. The number of methoxy groups -OCH3 is 1.